The molecule has 9 heteroatoms. The molecule has 1 aliphatic rings. The number of hydrogen-bond acceptors (Lipinski definition) is 6. The molecule has 0 bridgehead atoms. The van der Waals surface area contributed by atoms with Crippen LogP contribution in [0.3, 0.4) is 0 Å². The van der Waals surface area contributed by atoms with Gasteiger partial charge in [-0.1, -0.05) is 29.8 Å². The molecule has 3 rings (SSSR count). The maximum atomic E-state index is 13.0. The zero-order valence-electron chi connectivity index (χ0n) is 17.3. The van der Waals surface area contributed by atoms with Gasteiger partial charge in [-0.3, -0.25) is 14.2 Å². The zero-order valence-corrected chi connectivity index (χ0v) is 18.2. The fourth-order valence-electron chi connectivity index (χ4n) is 3.58. The first-order chi connectivity index (χ1) is 14.3. The number of hydrogen-bond donors (Lipinski definition) is 2. The first-order valence-corrected chi connectivity index (χ1v) is 10.8. The third-order valence-corrected chi connectivity index (χ3v) is 6.28. The molecule has 30 heavy (non-hydrogen) atoms. The molecule has 0 fully saturated rings. The topological polar surface area (TPSA) is 106 Å². The third kappa shape index (κ3) is 4.51. The van der Waals surface area contributed by atoms with Gasteiger partial charge in [0.1, 0.15) is 5.82 Å². The van der Waals surface area contributed by atoms with Gasteiger partial charge in [0.15, 0.2) is 0 Å². The third-order valence-electron chi connectivity index (χ3n) is 5.20. The number of nitrogens with one attached hydrogen (secondary N) is 1. The van der Waals surface area contributed by atoms with E-state index in [4.69, 9.17) is 5.11 Å². The van der Waals surface area contributed by atoms with Gasteiger partial charge in [0.2, 0.25) is 0 Å². The van der Waals surface area contributed by atoms with Gasteiger partial charge >= 0.3 is 11.7 Å². The van der Waals surface area contributed by atoms with Crippen LogP contribution in [0.1, 0.15) is 41.9 Å². The lowest BCUT2D eigenvalue weighted by atomic mass is 9.95. The van der Waals surface area contributed by atoms with Gasteiger partial charge in [-0.15, -0.1) is 11.8 Å². The van der Waals surface area contributed by atoms with Gasteiger partial charge in [-0.25, -0.2) is 9.79 Å². The number of carbonyl (C=O) groups is 1. The largest absolute Gasteiger partial charge is 0.481 e. The first kappa shape index (κ1) is 21.9. The van der Waals surface area contributed by atoms with Gasteiger partial charge in [0, 0.05) is 25.8 Å². The average molecular weight is 431 g/mol. The molecule has 0 saturated heterocycles. The van der Waals surface area contributed by atoms with E-state index in [1.165, 1.54) is 34.5 Å². The predicted octanol–water partition coefficient (Wildman–Crippen LogP) is 2.39. The Morgan fingerprint density at radius 3 is 2.60 bits per heavy atom. The molecule has 1 unspecified atom stereocenters. The smallest absolute Gasteiger partial charge is 0.351 e. The van der Waals surface area contributed by atoms with Crippen LogP contribution < -0.4 is 16.7 Å². The fourth-order valence-corrected chi connectivity index (χ4v) is 4.65. The number of rotatable bonds is 8. The highest BCUT2D eigenvalue weighted by Gasteiger charge is 2.33. The molecule has 160 valence electrons. The van der Waals surface area contributed by atoms with E-state index in [-0.39, 0.29) is 12.3 Å². The minimum absolute atomic E-state index is 0.00972. The molecule has 0 amide bonds. The van der Waals surface area contributed by atoms with Crippen molar-refractivity contribution in [2.24, 2.45) is 12.0 Å². The van der Waals surface area contributed by atoms with Crippen LogP contribution in [0.2, 0.25) is 0 Å². The summed E-state index contributed by atoms with van der Waals surface area (Å²) in [6.07, 6.45) is 2.41. The summed E-state index contributed by atoms with van der Waals surface area (Å²) in [6.45, 7) is 2.05. The Hall–Kier alpha value is -2.81. The molecule has 0 aliphatic carbocycles. The summed E-state index contributed by atoms with van der Waals surface area (Å²) < 4.78 is 2.36. The zero-order chi connectivity index (χ0) is 21.8. The Morgan fingerprint density at radius 2 is 1.97 bits per heavy atom. The van der Waals surface area contributed by atoms with Crippen LogP contribution in [-0.2, 0) is 18.3 Å². The van der Waals surface area contributed by atoms with Crippen molar-refractivity contribution in [3.8, 4) is 0 Å². The highest BCUT2D eigenvalue weighted by Crippen LogP contribution is 2.39. The van der Waals surface area contributed by atoms with Crippen molar-refractivity contribution in [1.82, 2.24) is 9.24 Å². The lowest BCUT2D eigenvalue weighted by Gasteiger charge is -2.15. The van der Waals surface area contributed by atoms with E-state index in [1.807, 2.05) is 6.92 Å². The Bertz CT molecular complexity index is 1090. The summed E-state index contributed by atoms with van der Waals surface area (Å²) in [5.74, 6) is -0.387. The molecule has 1 aromatic heterocycles. The van der Waals surface area contributed by atoms with Crippen molar-refractivity contribution in [2.45, 2.75) is 38.5 Å². The highest BCUT2D eigenvalue weighted by atomic mass is 32.2. The number of thioether (sulfide) groups is 1. The van der Waals surface area contributed by atoms with Gasteiger partial charge < -0.3 is 10.5 Å². The predicted molar refractivity (Wildman–Crippen MR) is 120 cm³/mol. The number of aromatic nitrogens is 2. The van der Waals surface area contributed by atoms with Crippen LogP contribution in [0.25, 0.3) is 0 Å². The van der Waals surface area contributed by atoms with Crippen LogP contribution in [0.4, 0.5) is 5.82 Å². The van der Waals surface area contributed by atoms with E-state index >= 15 is 0 Å². The van der Waals surface area contributed by atoms with Crippen LogP contribution in [-0.4, -0.2) is 38.2 Å². The molecule has 1 aromatic carbocycles. The van der Waals surface area contributed by atoms with E-state index in [0.29, 0.717) is 28.6 Å². The van der Waals surface area contributed by atoms with Gasteiger partial charge in [0.25, 0.3) is 5.56 Å². The SMILES string of the molecule is CNn1c(=O)c2c(n(C)c1=O)N=C(SCCC(=O)O)C2CCCc1ccc(C)cc1. The van der Waals surface area contributed by atoms with E-state index in [0.717, 1.165) is 17.5 Å². The standard InChI is InChI=1S/C21H26N4O4S/c1-13-7-9-14(10-8-13)5-4-6-15-17-18(23-19(15)30-12-11-16(26)27)24(3)21(29)25(22-2)20(17)28/h7-10,15,22H,4-6,11-12H2,1-3H3,(H,26,27). The second-order valence-electron chi connectivity index (χ2n) is 7.32. The van der Waals surface area contributed by atoms with Crippen LogP contribution in [0.15, 0.2) is 38.8 Å². The molecule has 2 N–H and O–H groups in total. The van der Waals surface area contributed by atoms with Crippen LogP contribution in [0, 0.1) is 6.92 Å². The number of fused-ring (bicyclic) bond motifs is 1. The van der Waals surface area contributed by atoms with Crippen molar-refractivity contribution >= 4 is 28.6 Å². The van der Waals surface area contributed by atoms with Gasteiger partial charge in [0.05, 0.1) is 17.0 Å². The maximum absolute atomic E-state index is 13.0. The summed E-state index contributed by atoms with van der Waals surface area (Å²) in [6, 6.07) is 8.37. The Balaban J connectivity index is 1.87. The Morgan fingerprint density at radius 1 is 1.27 bits per heavy atom. The quantitative estimate of drug-likeness (QED) is 0.666. The lowest BCUT2D eigenvalue weighted by Crippen LogP contribution is -2.44. The van der Waals surface area contributed by atoms with Gasteiger partial charge in [-0.05, 0) is 31.7 Å². The van der Waals surface area contributed by atoms with Crippen molar-refractivity contribution in [3.63, 3.8) is 0 Å². The number of aliphatic carboxylic acids is 1. The van der Waals surface area contributed by atoms with E-state index in [9.17, 15) is 14.4 Å². The highest BCUT2D eigenvalue weighted by molar-refractivity contribution is 8.14. The number of carboxylic acids is 1. The molecule has 0 spiro atoms. The summed E-state index contributed by atoms with van der Waals surface area (Å²) in [5.41, 5.74) is 4.70. The fraction of sp³-hybridized carbons (Fsp3) is 0.429. The number of nitrogens with zero attached hydrogens (tertiary/aromatic N) is 3. The molecule has 8 nitrogen and oxygen atoms in total. The number of aryl methyl sites for hydroxylation is 2. The second kappa shape index (κ2) is 9.34. The van der Waals surface area contributed by atoms with E-state index in [1.54, 1.807) is 7.05 Å². The van der Waals surface area contributed by atoms with Crippen LogP contribution in [0.5, 0.6) is 0 Å². The molecule has 2 aromatic rings. The van der Waals surface area contributed by atoms with E-state index < -0.39 is 17.2 Å². The molecule has 2 heterocycles. The van der Waals surface area contributed by atoms with Crippen molar-refractivity contribution in [1.29, 1.82) is 0 Å². The van der Waals surface area contributed by atoms with Gasteiger partial charge in [-0.2, -0.15) is 4.68 Å². The Kier molecular flexibility index (Phi) is 6.81. The van der Waals surface area contributed by atoms with E-state index in [2.05, 4.69) is 34.7 Å². The first-order valence-electron chi connectivity index (χ1n) is 9.86. The molecular formula is C21H26N4O4S. The summed E-state index contributed by atoms with van der Waals surface area (Å²) in [4.78, 5) is 40.9. The lowest BCUT2D eigenvalue weighted by molar-refractivity contribution is -0.136. The molecule has 1 atom stereocenters. The maximum Gasteiger partial charge on any atom is 0.351 e. The summed E-state index contributed by atoms with van der Waals surface area (Å²) in [7, 11) is 3.12. The van der Waals surface area contributed by atoms with Crippen molar-refractivity contribution in [3.05, 3.63) is 61.8 Å². The molecule has 0 radical (unpaired) electrons. The average Bonchev–Trinajstić information content (AvgIpc) is 3.07. The minimum atomic E-state index is -0.875. The number of carboxylic acid groups (broad SMARTS) is 1. The second-order valence-corrected chi connectivity index (χ2v) is 8.43. The number of aliphatic imine (C=N–C) groups is 1. The summed E-state index contributed by atoms with van der Waals surface area (Å²) in [5, 5.41) is 9.65. The summed E-state index contributed by atoms with van der Waals surface area (Å²) >= 11 is 1.35. The number of benzene rings is 1. The van der Waals surface area contributed by atoms with Crippen molar-refractivity contribution < 1.29 is 9.90 Å². The van der Waals surface area contributed by atoms with Crippen LogP contribution >= 0.6 is 11.8 Å². The molecular weight excluding hydrogens is 404 g/mol. The monoisotopic (exact) mass is 430 g/mol. The van der Waals surface area contributed by atoms with Crippen molar-refractivity contribution in [2.75, 3.05) is 18.2 Å². The molecule has 0 saturated carbocycles. The normalized spacial score (nSPS) is 15.0. The Labute approximate surface area is 178 Å². The molecule has 1 aliphatic heterocycles. The minimum Gasteiger partial charge on any atom is -0.481 e.